The van der Waals surface area contributed by atoms with E-state index in [1.807, 2.05) is 0 Å². The maximum Gasteiger partial charge on any atom is 0.238 e. The Balaban J connectivity index is 2.51. The van der Waals surface area contributed by atoms with E-state index in [1.54, 1.807) is 6.92 Å². The Hall–Kier alpha value is -0.580. The van der Waals surface area contributed by atoms with E-state index in [9.17, 15) is 13.2 Å². The van der Waals surface area contributed by atoms with E-state index >= 15 is 0 Å². The summed E-state index contributed by atoms with van der Waals surface area (Å²) in [6.45, 7) is 8.16. The van der Waals surface area contributed by atoms with E-state index in [-0.39, 0.29) is 35.0 Å². The van der Waals surface area contributed by atoms with Gasteiger partial charge in [0.2, 0.25) is 15.9 Å². The van der Waals surface area contributed by atoms with Crippen LogP contribution in [-0.2, 0) is 14.8 Å². The van der Waals surface area contributed by atoms with E-state index in [0.29, 0.717) is 0 Å². The van der Waals surface area contributed by atoms with E-state index in [4.69, 9.17) is 0 Å². The van der Waals surface area contributed by atoms with Gasteiger partial charge < -0.3 is 0 Å². The Morgan fingerprint density at radius 3 is 2.47 bits per heavy atom. The van der Waals surface area contributed by atoms with E-state index in [2.05, 4.69) is 20.8 Å². The van der Waals surface area contributed by atoms with Gasteiger partial charge in [-0.05, 0) is 24.7 Å². The van der Waals surface area contributed by atoms with Crippen molar-refractivity contribution in [3.8, 4) is 0 Å². The predicted octanol–water partition coefficient (Wildman–Crippen LogP) is 2.54. The molecule has 0 bridgehead atoms. The predicted molar refractivity (Wildman–Crippen MR) is 75.1 cm³/mol. The van der Waals surface area contributed by atoms with Crippen molar-refractivity contribution in [1.29, 1.82) is 0 Å². The van der Waals surface area contributed by atoms with Crippen LogP contribution in [0, 0.1) is 10.8 Å². The van der Waals surface area contributed by atoms with Crippen molar-refractivity contribution in [2.24, 2.45) is 10.8 Å². The summed E-state index contributed by atoms with van der Waals surface area (Å²) in [5.41, 5.74) is -0.255. The first-order valence-electron chi connectivity index (χ1n) is 7.27. The maximum absolute atomic E-state index is 12.4. The normalized spacial score (nSPS) is 35.4. The molecule has 1 saturated heterocycles. The SMILES string of the molecule is CCC[C@]12CS(=O)(=O)N(C(=O)CC)[C@H]1CCC2(C)C. The molecule has 4 nitrogen and oxygen atoms in total. The number of hydrogen-bond acceptors (Lipinski definition) is 3. The molecule has 2 aliphatic rings. The van der Waals surface area contributed by atoms with Gasteiger partial charge in [-0.3, -0.25) is 4.79 Å². The van der Waals surface area contributed by atoms with Crippen LogP contribution in [0.25, 0.3) is 0 Å². The lowest BCUT2D eigenvalue weighted by atomic mass is 9.65. The van der Waals surface area contributed by atoms with Gasteiger partial charge in [-0.2, -0.15) is 0 Å². The van der Waals surface area contributed by atoms with Crippen molar-refractivity contribution in [3.05, 3.63) is 0 Å². The van der Waals surface area contributed by atoms with Crippen LogP contribution in [0.2, 0.25) is 0 Å². The van der Waals surface area contributed by atoms with Gasteiger partial charge in [0.15, 0.2) is 0 Å². The fraction of sp³-hybridized carbons (Fsp3) is 0.929. The molecule has 19 heavy (non-hydrogen) atoms. The molecule has 1 amide bonds. The summed E-state index contributed by atoms with van der Waals surface area (Å²) >= 11 is 0. The van der Waals surface area contributed by atoms with E-state index in [1.165, 1.54) is 4.31 Å². The van der Waals surface area contributed by atoms with Gasteiger partial charge in [-0.25, -0.2) is 12.7 Å². The highest BCUT2D eigenvalue weighted by atomic mass is 32.2. The topological polar surface area (TPSA) is 54.5 Å². The third-order valence-corrected chi connectivity index (χ3v) is 7.23. The molecule has 1 aliphatic carbocycles. The molecule has 0 aromatic heterocycles. The van der Waals surface area contributed by atoms with Gasteiger partial charge in [-0.15, -0.1) is 0 Å². The standard InChI is InChI=1S/C14H25NO3S/c1-5-8-14-10-19(17,18)15(12(16)6-2)11(14)7-9-13(14,3)4/h11H,5-10H2,1-4H3/t11-,14-/m0/s1. The lowest BCUT2D eigenvalue weighted by Crippen LogP contribution is -2.44. The van der Waals surface area contributed by atoms with Crippen LogP contribution in [-0.4, -0.2) is 30.4 Å². The van der Waals surface area contributed by atoms with E-state index < -0.39 is 10.0 Å². The first-order chi connectivity index (χ1) is 8.72. The molecule has 0 N–H and O–H groups in total. The molecule has 1 saturated carbocycles. The summed E-state index contributed by atoms with van der Waals surface area (Å²) in [4.78, 5) is 12.1. The summed E-state index contributed by atoms with van der Waals surface area (Å²) in [5.74, 6) is -0.0854. The quantitative estimate of drug-likeness (QED) is 0.801. The van der Waals surface area contributed by atoms with E-state index in [0.717, 1.165) is 25.7 Å². The number of hydrogen-bond donors (Lipinski definition) is 0. The zero-order chi connectivity index (χ0) is 14.5. The molecular formula is C14H25NO3S. The lowest BCUT2D eigenvalue weighted by Gasteiger charge is -2.40. The first kappa shape index (κ1) is 14.8. The highest BCUT2D eigenvalue weighted by Crippen LogP contribution is 2.61. The minimum absolute atomic E-state index is 0.0104. The Morgan fingerprint density at radius 2 is 1.95 bits per heavy atom. The van der Waals surface area contributed by atoms with Crippen LogP contribution in [0.15, 0.2) is 0 Å². The molecule has 2 rings (SSSR count). The average Bonchev–Trinajstić information content (AvgIpc) is 2.67. The van der Waals surface area contributed by atoms with Crippen molar-refractivity contribution in [2.75, 3.05) is 5.75 Å². The van der Waals surface area contributed by atoms with Gasteiger partial charge in [0.1, 0.15) is 0 Å². The first-order valence-corrected chi connectivity index (χ1v) is 8.88. The molecule has 1 aliphatic heterocycles. The van der Waals surface area contributed by atoms with Gasteiger partial charge in [0, 0.05) is 11.8 Å². The molecule has 0 radical (unpaired) electrons. The maximum atomic E-state index is 12.4. The van der Waals surface area contributed by atoms with Crippen molar-refractivity contribution in [3.63, 3.8) is 0 Å². The third-order valence-electron chi connectivity index (χ3n) is 5.30. The number of fused-ring (bicyclic) bond motifs is 1. The Morgan fingerprint density at radius 1 is 1.32 bits per heavy atom. The second kappa shape index (κ2) is 4.47. The van der Waals surface area contributed by atoms with Crippen molar-refractivity contribution in [2.45, 2.75) is 65.8 Å². The summed E-state index contributed by atoms with van der Waals surface area (Å²) in [6, 6.07) is -0.111. The Labute approximate surface area is 116 Å². The summed E-state index contributed by atoms with van der Waals surface area (Å²) in [6.07, 6.45) is 3.93. The second-order valence-corrected chi connectivity index (χ2v) is 8.49. The minimum Gasteiger partial charge on any atom is -0.274 e. The number of carbonyl (C=O) groups is 1. The zero-order valence-corrected chi connectivity index (χ0v) is 13.2. The zero-order valence-electron chi connectivity index (χ0n) is 12.4. The number of sulfonamides is 1. The molecule has 0 spiro atoms. The number of nitrogens with zero attached hydrogens (tertiary/aromatic N) is 1. The lowest BCUT2D eigenvalue weighted by molar-refractivity contribution is -0.128. The fourth-order valence-electron chi connectivity index (χ4n) is 4.20. The van der Waals surface area contributed by atoms with Crippen LogP contribution >= 0.6 is 0 Å². The third kappa shape index (κ3) is 1.92. The molecule has 110 valence electrons. The highest BCUT2D eigenvalue weighted by molar-refractivity contribution is 7.90. The molecule has 0 unspecified atom stereocenters. The fourth-order valence-corrected chi connectivity index (χ4v) is 6.86. The van der Waals surface area contributed by atoms with Crippen LogP contribution in [0.5, 0.6) is 0 Å². The number of amides is 1. The number of rotatable bonds is 3. The minimum atomic E-state index is -3.43. The van der Waals surface area contributed by atoms with Gasteiger partial charge in [0.05, 0.1) is 11.8 Å². The van der Waals surface area contributed by atoms with Crippen LogP contribution in [0.1, 0.15) is 59.8 Å². The molecule has 2 fully saturated rings. The molecule has 0 aromatic rings. The monoisotopic (exact) mass is 287 g/mol. The van der Waals surface area contributed by atoms with Gasteiger partial charge in [-0.1, -0.05) is 34.1 Å². The number of carbonyl (C=O) groups excluding carboxylic acids is 1. The summed E-state index contributed by atoms with van der Waals surface area (Å²) in [5, 5.41) is 0. The average molecular weight is 287 g/mol. The molecular weight excluding hydrogens is 262 g/mol. The van der Waals surface area contributed by atoms with Crippen LogP contribution < -0.4 is 0 Å². The van der Waals surface area contributed by atoms with Crippen molar-refractivity contribution < 1.29 is 13.2 Å². The van der Waals surface area contributed by atoms with Gasteiger partial charge >= 0.3 is 0 Å². The largest absolute Gasteiger partial charge is 0.274 e. The van der Waals surface area contributed by atoms with Crippen molar-refractivity contribution >= 4 is 15.9 Å². The second-order valence-electron chi connectivity index (χ2n) is 6.64. The smallest absolute Gasteiger partial charge is 0.238 e. The van der Waals surface area contributed by atoms with Crippen LogP contribution in [0.4, 0.5) is 0 Å². The molecule has 2 atom stereocenters. The van der Waals surface area contributed by atoms with Gasteiger partial charge in [0.25, 0.3) is 0 Å². The summed E-state index contributed by atoms with van der Waals surface area (Å²) in [7, 11) is -3.43. The molecule has 1 heterocycles. The molecule has 5 heteroatoms. The summed E-state index contributed by atoms with van der Waals surface area (Å²) < 4.78 is 26.1. The highest BCUT2D eigenvalue weighted by Gasteiger charge is 2.65. The Bertz CT molecular complexity index is 483. The molecule has 0 aromatic carbocycles. The Kier molecular flexibility index (Phi) is 3.49. The van der Waals surface area contributed by atoms with Crippen LogP contribution in [0.3, 0.4) is 0 Å². The van der Waals surface area contributed by atoms with Crippen molar-refractivity contribution in [1.82, 2.24) is 4.31 Å².